The third-order valence-electron chi connectivity index (χ3n) is 4.56. The van der Waals surface area contributed by atoms with Crippen molar-refractivity contribution in [3.05, 3.63) is 82.9 Å². The average molecular weight is 391 g/mol. The van der Waals surface area contributed by atoms with Crippen molar-refractivity contribution >= 4 is 11.8 Å². The van der Waals surface area contributed by atoms with E-state index in [-0.39, 0.29) is 18.2 Å². The molecule has 0 saturated carbocycles. The number of benzene rings is 2. The largest absolute Gasteiger partial charge is 0.349 e. The molecule has 3 rings (SSSR count). The fraction of sp³-hybridized carbons (Fsp3) is 0.273. The van der Waals surface area contributed by atoms with Gasteiger partial charge in [-0.15, -0.1) is 0 Å². The Hall–Kier alpha value is -3.48. The van der Waals surface area contributed by atoms with Gasteiger partial charge in [-0.25, -0.2) is 4.98 Å². The molecule has 29 heavy (non-hydrogen) atoms. The van der Waals surface area contributed by atoms with E-state index in [1.54, 1.807) is 0 Å². The van der Waals surface area contributed by atoms with Gasteiger partial charge in [0.1, 0.15) is 11.9 Å². The van der Waals surface area contributed by atoms with Crippen molar-refractivity contribution in [2.45, 2.75) is 39.3 Å². The molecule has 1 heterocycles. The van der Waals surface area contributed by atoms with Crippen LogP contribution in [0.1, 0.15) is 53.8 Å². The summed E-state index contributed by atoms with van der Waals surface area (Å²) in [6, 6.07) is 16.4. The summed E-state index contributed by atoms with van der Waals surface area (Å²) in [7, 11) is 0. The Balaban J connectivity index is 1.80. The minimum atomic E-state index is -0.482. The fourth-order valence-corrected chi connectivity index (χ4v) is 3.13. The van der Waals surface area contributed by atoms with E-state index in [1.807, 2.05) is 68.4 Å². The van der Waals surface area contributed by atoms with E-state index in [1.165, 1.54) is 6.92 Å². The molecule has 3 aromatic rings. The fourth-order valence-electron chi connectivity index (χ4n) is 3.13. The zero-order valence-corrected chi connectivity index (χ0v) is 16.8. The van der Waals surface area contributed by atoms with Gasteiger partial charge in [0.25, 0.3) is 0 Å². The monoisotopic (exact) mass is 391 g/mol. The Labute approximate surface area is 170 Å². The maximum atomic E-state index is 12.9. The summed E-state index contributed by atoms with van der Waals surface area (Å²) in [5.41, 5.74) is 2.88. The number of rotatable bonds is 7. The van der Waals surface area contributed by atoms with E-state index in [4.69, 9.17) is 0 Å². The first kappa shape index (κ1) is 20.3. The first-order chi connectivity index (χ1) is 13.9. The van der Waals surface area contributed by atoms with Crippen LogP contribution in [0.3, 0.4) is 0 Å². The van der Waals surface area contributed by atoms with Gasteiger partial charge in [-0.05, 0) is 25.0 Å². The second kappa shape index (κ2) is 9.14. The summed E-state index contributed by atoms with van der Waals surface area (Å²) in [5.74, 6) is 0.771. The second-order valence-electron chi connectivity index (χ2n) is 7.06. The Morgan fingerprint density at radius 1 is 0.966 bits per heavy atom. The predicted molar refractivity (Wildman–Crippen MR) is 110 cm³/mol. The molecule has 0 radical (unpaired) electrons. The SMILES string of the molecule is CC(=O)N[C@H](CC(=O)N[C@@H](c1ccccc1)c1n[nH]c(C)n1)c1ccc(C)cc1. The van der Waals surface area contributed by atoms with Gasteiger partial charge in [0, 0.05) is 6.92 Å². The van der Waals surface area contributed by atoms with E-state index in [2.05, 4.69) is 25.8 Å². The molecule has 0 aliphatic rings. The van der Waals surface area contributed by atoms with Crippen LogP contribution in [-0.2, 0) is 9.59 Å². The molecular weight excluding hydrogens is 366 g/mol. The highest BCUT2D eigenvalue weighted by Crippen LogP contribution is 2.22. The van der Waals surface area contributed by atoms with Gasteiger partial charge in [-0.1, -0.05) is 60.2 Å². The van der Waals surface area contributed by atoms with Gasteiger partial charge < -0.3 is 10.6 Å². The zero-order valence-electron chi connectivity index (χ0n) is 16.8. The number of nitrogens with zero attached hydrogens (tertiary/aromatic N) is 2. The lowest BCUT2D eigenvalue weighted by Gasteiger charge is -2.21. The molecule has 0 saturated heterocycles. The molecule has 0 bridgehead atoms. The topological polar surface area (TPSA) is 99.8 Å². The number of aromatic nitrogens is 3. The van der Waals surface area contributed by atoms with Crippen molar-refractivity contribution in [1.29, 1.82) is 0 Å². The van der Waals surface area contributed by atoms with Crippen LogP contribution in [0, 0.1) is 13.8 Å². The Morgan fingerprint density at radius 2 is 1.66 bits per heavy atom. The van der Waals surface area contributed by atoms with Gasteiger partial charge >= 0.3 is 0 Å². The summed E-state index contributed by atoms with van der Waals surface area (Å²) in [4.78, 5) is 29.0. The quantitative estimate of drug-likeness (QED) is 0.577. The van der Waals surface area contributed by atoms with E-state index in [9.17, 15) is 9.59 Å². The van der Waals surface area contributed by atoms with Gasteiger partial charge in [0.15, 0.2) is 5.82 Å². The number of hydrogen-bond acceptors (Lipinski definition) is 4. The molecule has 150 valence electrons. The third kappa shape index (κ3) is 5.51. The lowest BCUT2D eigenvalue weighted by molar-refractivity contribution is -0.123. The highest BCUT2D eigenvalue weighted by molar-refractivity contribution is 5.79. The van der Waals surface area contributed by atoms with Crippen LogP contribution in [0.5, 0.6) is 0 Å². The van der Waals surface area contributed by atoms with Crippen molar-refractivity contribution in [1.82, 2.24) is 25.8 Å². The molecule has 0 aliphatic carbocycles. The summed E-state index contributed by atoms with van der Waals surface area (Å²) >= 11 is 0. The number of hydrogen-bond donors (Lipinski definition) is 3. The van der Waals surface area contributed by atoms with Gasteiger partial charge in [0.2, 0.25) is 11.8 Å². The molecule has 0 unspecified atom stereocenters. The lowest BCUT2D eigenvalue weighted by atomic mass is 10.0. The minimum absolute atomic E-state index is 0.107. The van der Waals surface area contributed by atoms with Crippen LogP contribution in [0.2, 0.25) is 0 Å². The highest BCUT2D eigenvalue weighted by atomic mass is 16.2. The number of carbonyl (C=O) groups excluding carboxylic acids is 2. The lowest BCUT2D eigenvalue weighted by Crippen LogP contribution is -2.35. The Bertz CT molecular complexity index is 966. The number of carbonyl (C=O) groups is 2. The van der Waals surface area contributed by atoms with Gasteiger partial charge in [-0.3, -0.25) is 14.7 Å². The third-order valence-corrected chi connectivity index (χ3v) is 4.56. The molecule has 2 atom stereocenters. The maximum absolute atomic E-state index is 12.9. The van der Waals surface area contributed by atoms with Crippen LogP contribution in [-0.4, -0.2) is 27.0 Å². The number of amides is 2. The zero-order chi connectivity index (χ0) is 20.8. The Kier molecular flexibility index (Phi) is 6.39. The van der Waals surface area contributed by atoms with Crippen LogP contribution >= 0.6 is 0 Å². The Morgan fingerprint density at radius 3 is 2.24 bits per heavy atom. The highest BCUT2D eigenvalue weighted by Gasteiger charge is 2.23. The van der Waals surface area contributed by atoms with Crippen molar-refractivity contribution in [2.24, 2.45) is 0 Å². The van der Waals surface area contributed by atoms with E-state index in [0.29, 0.717) is 11.6 Å². The van der Waals surface area contributed by atoms with Crippen molar-refractivity contribution < 1.29 is 9.59 Å². The van der Waals surface area contributed by atoms with Crippen LogP contribution in [0.15, 0.2) is 54.6 Å². The number of aromatic amines is 1. The molecule has 0 spiro atoms. The molecule has 7 heteroatoms. The summed E-state index contributed by atoms with van der Waals surface area (Å²) in [5, 5.41) is 12.9. The number of aryl methyl sites for hydroxylation is 2. The first-order valence-corrected chi connectivity index (χ1v) is 9.49. The molecule has 2 aromatic carbocycles. The van der Waals surface area contributed by atoms with Crippen molar-refractivity contribution in [2.75, 3.05) is 0 Å². The molecule has 0 fully saturated rings. The van der Waals surface area contributed by atoms with Crippen molar-refractivity contribution in [3.8, 4) is 0 Å². The molecular formula is C22H25N5O2. The minimum Gasteiger partial charge on any atom is -0.349 e. The van der Waals surface area contributed by atoms with Gasteiger partial charge in [-0.2, -0.15) is 5.10 Å². The summed E-state index contributed by atoms with van der Waals surface area (Å²) < 4.78 is 0. The predicted octanol–water partition coefficient (Wildman–Crippen LogP) is 2.89. The number of nitrogens with one attached hydrogen (secondary N) is 3. The number of H-pyrrole nitrogens is 1. The normalized spacial score (nSPS) is 12.8. The maximum Gasteiger partial charge on any atom is 0.223 e. The first-order valence-electron chi connectivity index (χ1n) is 9.49. The van der Waals surface area contributed by atoms with E-state index in [0.717, 1.165) is 16.7 Å². The standard InChI is InChI=1S/C22H25N5O2/c1-14-9-11-17(12-10-14)19(24-16(3)28)13-20(29)25-21(18-7-5-4-6-8-18)22-23-15(2)26-27-22/h4-12,19,21H,13H2,1-3H3,(H,24,28)(H,25,29)(H,23,26,27)/t19-,21+/m1/s1. The van der Waals surface area contributed by atoms with Crippen LogP contribution in [0.4, 0.5) is 0 Å². The molecule has 2 amide bonds. The molecule has 0 aliphatic heterocycles. The average Bonchev–Trinajstić information content (AvgIpc) is 3.12. The summed E-state index contributed by atoms with van der Waals surface area (Å²) in [6.07, 6.45) is 0.107. The van der Waals surface area contributed by atoms with E-state index < -0.39 is 12.1 Å². The molecule has 1 aromatic heterocycles. The second-order valence-corrected chi connectivity index (χ2v) is 7.06. The van der Waals surface area contributed by atoms with E-state index >= 15 is 0 Å². The van der Waals surface area contributed by atoms with Crippen LogP contribution in [0.25, 0.3) is 0 Å². The smallest absolute Gasteiger partial charge is 0.223 e. The van der Waals surface area contributed by atoms with Crippen LogP contribution < -0.4 is 10.6 Å². The van der Waals surface area contributed by atoms with Gasteiger partial charge in [0.05, 0.1) is 12.5 Å². The van der Waals surface area contributed by atoms with Crippen molar-refractivity contribution in [3.63, 3.8) is 0 Å². The molecule has 7 nitrogen and oxygen atoms in total. The molecule has 3 N–H and O–H groups in total. The summed E-state index contributed by atoms with van der Waals surface area (Å²) in [6.45, 7) is 5.25.